The molecule has 2 aromatic rings. The summed E-state index contributed by atoms with van der Waals surface area (Å²) in [6.07, 6.45) is -3.95. The summed E-state index contributed by atoms with van der Waals surface area (Å²) in [6, 6.07) is 0.416. The zero-order valence-electron chi connectivity index (χ0n) is 13.5. The number of carbonyl (C=O) groups is 1. The molecule has 0 saturated carbocycles. The molecule has 0 N–H and O–H groups in total. The number of rotatable bonds is 5. The van der Waals surface area contributed by atoms with Gasteiger partial charge in [-0.05, 0) is 11.8 Å². The summed E-state index contributed by atoms with van der Waals surface area (Å²) in [7, 11) is 2.44. The van der Waals surface area contributed by atoms with E-state index in [1.54, 1.807) is 0 Å². The van der Waals surface area contributed by atoms with Gasteiger partial charge in [-0.25, -0.2) is 9.78 Å². The molecule has 10 nitrogen and oxygen atoms in total. The third-order valence-corrected chi connectivity index (χ3v) is 4.49. The van der Waals surface area contributed by atoms with Crippen molar-refractivity contribution in [3.05, 3.63) is 49.8 Å². The van der Waals surface area contributed by atoms with E-state index < -0.39 is 43.8 Å². The largest absolute Gasteiger partial charge is 0.464 e. The van der Waals surface area contributed by atoms with Gasteiger partial charge in [-0.1, -0.05) is 0 Å². The molecule has 0 spiro atoms. The molecule has 0 unspecified atom stereocenters. The second kappa shape index (κ2) is 7.22. The van der Waals surface area contributed by atoms with Crippen LogP contribution >= 0.6 is 11.8 Å². The Hall–Kier alpha value is -3.16. The van der Waals surface area contributed by atoms with E-state index in [0.29, 0.717) is 11.8 Å². The second-order valence-corrected chi connectivity index (χ2v) is 5.91. The van der Waals surface area contributed by atoms with Crippen molar-refractivity contribution in [3.8, 4) is 0 Å². The summed E-state index contributed by atoms with van der Waals surface area (Å²) in [6.45, 7) is 0. The molecule has 1 aromatic heterocycles. The molecule has 2 rings (SSSR count). The molecule has 0 radical (unpaired) electrons. The highest BCUT2D eigenvalue weighted by Crippen LogP contribution is 2.44. The molecule has 0 aliphatic rings. The molecule has 0 atom stereocenters. The fourth-order valence-corrected chi connectivity index (χ4v) is 3.01. The van der Waals surface area contributed by atoms with Gasteiger partial charge in [0, 0.05) is 19.2 Å². The van der Waals surface area contributed by atoms with Gasteiger partial charge < -0.3 is 9.30 Å². The van der Waals surface area contributed by atoms with E-state index in [9.17, 15) is 38.2 Å². The van der Waals surface area contributed by atoms with Gasteiger partial charge in [0.1, 0.15) is 5.69 Å². The number of hydrogen-bond donors (Lipinski definition) is 0. The Morgan fingerprint density at radius 2 is 1.74 bits per heavy atom. The molecule has 1 heterocycles. The van der Waals surface area contributed by atoms with Crippen LogP contribution in [-0.2, 0) is 18.0 Å². The Labute approximate surface area is 152 Å². The first-order valence-electron chi connectivity index (χ1n) is 6.79. The van der Waals surface area contributed by atoms with Gasteiger partial charge in [-0.2, -0.15) is 13.2 Å². The van der Waals surface area contributed by atoms with Crippen LogP contribution in [0, 0.1) is 20.2 Å². The van der Waals surface area contributed by atoms with Gasteiger partial charge in [0.25, 0.3) is 11.4 Å². The van der Waals surface area contributed by atoms with Crippen molar-refractivity contribution < 1.29 is 32.5 Å². The van der Waals surface area contributed by atoms with Crippen molar-refractivity contribution in [2.45, 2.75) is 16.2 Å². The molecule has 27 heavy (non-hydrogen) atoms. The van der Waals surface area contributed by atoms with Crippen LogP contribution in [0.4, 0.5) is 24.5 Å². The topological polar surface area (TPSA) is 130 Å². The number of aromatic nitrogens is 2. The summed E-state index contributed by atoms with van der Waals surface area (Å²) in [5.41, 5.74) is -3.80. The van der Waals surface area contributed by atoms with Crippen LogP contribution in [0.25, 0.3) is 0 Å². The lowest BCUT2D eigenvalue weighted by atomic mass is 10.1. The van der Waals surface area contributed by atoms with Crippen LogP contribution in [0.2, 0.25) is 0 Å². The molecule has 0 fully saturated rings. The summed E-state index contributed by atoms with van der Waals surface area (Å²) < 4.78 is 44.4. The van der Waals surface area contributed by atoms with E-state index in [2.05, 4.69) is 9.72 Å². The molecule has 0 aliphatic heterocycles. The average Bonchev–Trinajstić information content (AvgIpc) is 2.93. The van der Waals surface area contributed by atoms with Crippen molar-refractivity contribution in [3.63, 3.8) is 0 Å². The fraction of sp³-hybridized carbons (Fsp3) is 0.231. The van der Waals surface area contributed by atoms with E-state index in [-0.39, 0.29) is 23.0 Å². The molecule has 144 valence electrons. The molecule has 0 saturated heterocycles. The number of ether oxygens (including phenoxy) is 1. The predicted octanol–water partition coefficient (Wildman–Crippen LogP) is 3.19. The summed E-state index contributed by atoms with van der Waals surface area (Å²) >= 11 is 0.386. The van der Waals surface area contributed by atoms with Crippen LogP contribution < -0.4 is 0 Å². The van der Waals surface area contributed by atoms with E-state index in [4.69, 9.17) is 0 Å². The number of imidazole rings is 1. The van der Waals surface area contributed by atoms with Gasteiger partial charge in [-0.3, -0.25) is 20.2 Å². The van der Waals surface area contributed by atoms with Crippen molar-refractivity contribution >= 4 is 29.1 Å². The lowest BCUT2D eigenvalue weighted by molar-refractivity contribution is -0.400. The van der Waals surface area contributed by atoms with E-state index in [0.717, 1.165) is 17.9 Å². The minimum absolute atomic E-state index is 0.0581. The van der Waals surface area contributed by atoms with E-state index in [1.807, 2.05) is 0 Å². The monoisotopic (exact) mass is 406 g/mol. The summed E-state index contributed by atoms with van der Waals surface area (Å²) in [5, 5.41) is 22.3. The molecule has 0 amide bonds. The smallest absolute Gasteiger partial charge is 0.416 e. The Morgan fingerprint density at radius 1 is 1.22 bits per heavy atom. The van der Waals surface area contributed by atoms with Crippen molar-refractivity contribution in [2.75, 3.05) is 7.11 Å². The minimum Gasteiger partial charge on any atom is -0.464 e. The third-order valence-electron chi connectivity index (χ3n) is 3.30. The summed E-state index contributed by atoms with van der Waals surface area (Å²) in [5.74, 6) is -0.784. The number of methoxy groups -OCH3 is 1. The van der Waals surface area contributed by atoms with Crippen LogP contribution in [0.15, 0.2) is 28.4 Å². The number of nitro groups is 2. The molecule has 0 bridgehead atoms. The molecule has 1 aromatic carbocycles. The van der Waals surface area contributed by atoms with E-state index in [1.165, 1.54) is 7.05 Å². The first-order valence-corrected chi connectivity index (χ1v) is 7.61. The number of hydrogen-bond acceptors (Lipinski definition) is 8. The van der Waals surface area contributed by atoms with Crippen LogP contribution in [0.3, 0.4) is 0 Å². The zero-order chi connectivity index (χ0) is 20.5. The Balaban J connectivity index is 2.66. The average molecular weight is 406 g/mol. The fourth-order valence-electron chi connectivity index (χ4n) is 2.01. The molecular weight excluding hydrogens is 397 g/mol. The second-order valence-electron chi connectivity index (χ2n) is 4.93. The van der Waals surface area contributed by atoms with Crippen molar-refractivity contribution in [2.24, 2.45) is 7.05 Å². The lowest BCUT2D eigenvalue weighted by Crippen LogP contribution is -2.09. The number of esters is 1. The van der Waals surface area contributed by atoms with E-state index >= 15 is 0 Å². The quantitative estimate of drug-likeness (QED) is 0.420. The molecular formula is C13H9F3N4O6S. The highest BCUT2D eigenvalue weighted by molar-refractivity contribution is 7.99. The number of nitro benzene ring substituents is 2. The van der Waals surface area contributed by atoms with Crippen molar-refractivity contribution in [1.29, 1.82) is 0 Å². The van der Waals surface area contributed by atoms with Gasteiger partial charge >= 0.3 is 12.1 Å². The predicted molar refractivity (Wildman–Crippen MR) is 83.4 cm³/mol. The standard InChI is InChI=1S/C13H9F3N4O6S/c1-18-9(11(21)26-2)5-17-12(18)27-10-7(19(22)23)3-6(13(14,15)16)4-8(10)20(24)25/h3-5H,1-2H3. The van der Waals surface area contributed by atoms with Gasteiger partial charge in [-0.15, -0.1) is 0 Å². The normalized spacial score (nSPS) is 11.3. The maximum absolute atomic E-state index is 12.9. The maximum atomic E-state index is 12.9. The first-order chi connectivity index (χ1) is 12.5. The third kappa shape index (κ3) is 3.99. The summed E-state index contributed by atoms with van der Waals surface area (Å²) in [4.78, 5) is 34.8. The number of nitrogens with zero attached hydrogens (tertiary/aromatic N) is 4. The van der Waals surface area contributed by atoms with Gasteiger partial charge in [0.2, 0.25) is 0 Å². The number of benzene rings is 1. The van der Waals surface area contributed by atoms with Crippen LogP contribution in [0.1, 0.15) is 16.1 Å². The zero-order valence-corrected chi connectivity index (χ0v) is 14.3. The SMILES string of the molecule is COC(=O)c1cnc(Sc2c([N+](=O)[O-])cc(C(F)(F)F)cc2[N+](=O)[O-])n1C. The van der Waals surface area contributed by atoms with Crippen LogP contribution in [-0.4, -0.2) is 32.5 Å². The highest BCUT2D eigenvalue weighted by atomic mass is 32.2. The Bertz CT molecular complexity index is 908. The van der Waals surface area contributed by atoms with Crippen LogP contribution in [0.5, 0.6) is 0 Å². The highest BCUT2D eigenvalue weighted by Gasteiger charge is 2.38. The van der Waals surface area contributed by atoms with Crippen molar-refractivity contribution in [1.82, 2.24) is 9.55 Å². The first kappa shape index (κ1) is 20.2. The Kier molecular flexibility index (Phi) is 5.39. The number of carbonyl (C=O) groups excluding carboxylic acids is 1. The molecule has 0 aliphatic carbocycles. The van der Waals surface area contributed by atoms with Gasteiger partial charge in [0.15, 0.2) is 10.1 Å². The number of halogens is 3. The lowest BCUT2D eigenvalue weighted by Gasteiger charge is -2.10. The minimum atomic E-state index is -5.01. The van der Waals surface area contributed by atoms with Gasteiger partial charge in [0.05, 0.1) is 28.7 Å². The maximum Gasteiger partial charge on any atom is 0.416 e. The Morgan fingerprint density at radius 3 is 2.15 bits per heavy atom. The molecule has 14 heteroatoms. The number of alkyl halides is 3.